The second-order valence-electron chi connectivity index (χ2n) is 14.3. The summed E-state index contributed by atoms with van der Waals surface area (Å²) in [4.78, 5) is 31.0. The molecule has 0 N–H and O–H groups in total. The van der Waals surface area contributed by atoms with Crippen molar-refractivity contribution in [2.75, 3.05) is 47.3 Å². The Morgan fingerprint density at radius 1 is 1.05 bits per heavy atom. The van der Waals surface area contributed by atoms with Crippen molar-refractivity contribution in [3.05, 3.63) is 11.6 Å². The number of amides is 2. The largest absolute Gasteiger partial charge is 0.446 e. The van der Waals surface area contributed by atoms with Crippen molar-refractivity contribution >= 4 is 12.0 Å². The maximum Gasteiger partial charge on any atom is 0.410 e. The standard InChI is InChI=1S/C32H53N3O3/c1-22(7-12-29(36)33(4)5)26-10-11-27-25-9-8-23-21-24(38-30(37)35-19-17-34(6)18-20-35)13-15-31(23,2)28(25)14-16-32(26,27)3/h8,22,24-28H,7,9-21H2,1-6H3/t22-,24+,25+,26-,27+,28+,31+,32-/m1/s1. The van der Waals surface area contributed by atoms with Crippen LogP contribution in [-0.2, 0) is 9.53 Å². The highest BCUT2D eigenvalue weighted by atomic mass is 16.6. The zero-order valence-electron chi connectivity index (χ0n) is 25.0. The molecule has 0 aromatic heterocycles. The summed E-state index contributed by atoms with van der Waals surface area (Å²) in [5, 5.41) is 0. The number of hydrogen-bond acceptors (Lipinski definition) is 4. The van der Waals surface area contributed by atoms with Crippen LogP contribution in [0.5, 0.6) is 0 Å². The fourth-order valence-corrected chi connectivity index (χ4v) is 9.69. The van der Waals surface area contributed by atoms with Gasteiger partial charge in [0.1, 0.15) is 6.10 Å². The molecule has 6 nitrogen and oxygen atoms in total. The van der Waals surface area contributed by atoms with Gasteiger partial charge in [-0.1, -0.05) is 32.4 Å². The number of ether oxygens (including phenoxy) is 1. The SMILES string of the molecule is C[C@H](CCC(=O)N(C)C)[C@H]1CC[C@H]2[C@@H]3CC=C4C[C@@H](OC(=O)N5CCN(C)CC5)CC[C@]4(C)[C@H]3CC[C@]12C. The molecule has 8 atom stereocenters. The molecule has 5 rings (SSSR count). The summed E-state index contributed by atoms with van der Waals surface area (Å²) in [6.45, 7) is 11.0. The Kier molecular flexibility index (Phi) is 7.94. The molecule has 0 bridgehead atoms. The van der Waals surface area contributed by atoms with Crippen molar-refractivity contribution in [1.82, 2.24) is 14.7 Å². The molecule has 38 heavy (non-hydrogen) atoms. The summed E-state index contributed by atoms with van der Waals surface area (Å²) >= 11 is 0. The van der Waals surface area contributed by atoms with Crippen LogP contribution < -0.4 is 0 Å². The first-order chi connectivity index (χ1) is 18.0. The molecule has 214 valence electrons. The molecular weight excluding hydrogens is 474 g/mol. The van der Waals surface area contributed by atoms with Gasteiger partial charge in [0.25, 0.3) is 0 Å². The quantitative estimate of drug-likeness (QED) is 0.423. The second kappa shape index (κ2) is 10.8. The minimum absolute atomic E-state index is 0.0356. The highest BCUT2D eigenvalue weighted by molar-refractivity contribution is 5.75. The molecule has 4 fully saturated rings. The van der Waals surface area contributed by atoms with Gasteiger partial charge in [-0.15, -0.1) is 0 Å². The molecular formula is C32H53N3O3. The molecule has 3 saturated carbocycles. The Balaban J connectivity index is 1.22. The monoisotopic (exact) mass is 527 g/mol. The minimum Gasteiger partial charge on any atom is -0.446 e. The Hall–Kier alpha value is -1.56. The van der Waals surface area contributed by atoms with E-state index in [4.69, 9.17) is 4.74 Å². The van der Waals surface area contributed by atoms with Crippen LogP contribution in [0.4, 0.5) is 4.79 Å². The number of fused-ring (bicyclic) bond motifs is 5. The average Bonchev–Trinajstić information content (AvgIpc) is 3.25. The summed E-state index contributed by atoms with van der Waals surface area (Å²) in [6, 6.07) is 0. The second-order valence-corrected chi connectivity index (χ2v) is 14.3. The van der Waals surface area contributed by atoms with E-state index in [1.165, 1.54) is 32.1 Å². The number of allylic oxidation sites excluding steroid dienone is 1. The Morgan fingerprint density at radius 2 is 1.79 bits per heavy atom. The van der Waals surface area contributed by atoms with Gasteiger partial charge in [0.05, 0.1) is 0 Å². The summed E-state index contributed by atoms with van der Waals surface area (Å²) < 4.78 is 6.08. The van der Waals surface area contributed by atoms with Gasteiger partial charge in [-0.05, 0) is 98.8 Å². The molecule has 0 aromatic carbocycles. The number of nitrogens with zero attached hydrogens (tertiary/aromatic N) is 3. The third-order valence-electron chi connectivity index (χ3n) is 12.2. The highest BCUT2D eigenvalue weighted by Gasteiger charge is 2.59. The molecule has 5 aliphatic rings. The normalized spacial score (nSPS) is 39.9. The molecule has 1 heterocycles. The molecule has 0 radical (unpaired) electrons. The van der Waals surface area contributed by atoms with Gasteiger partial charge in [-0.3, -0.25) is 4.79 Å². The number of piperazine rings is 1. The van der Waals surface area contributed by atoms with Crippen molar-refractivity contribution in [3.8, 4) is 0 Å². The van der Waals surface area contributed by atoms with Gasteiger partial charge in [-0.25, -0.2) is 4.79 Å². The van der Waals surface area contributed by atoms with Crippen LogP contribution in [0.3, 0.4) is 0 Å². The van der Waals surface area contributed by atoms with Crippen LogP contribution in [-0.4, -0.2) is 80.1 Å². The summed E-state index contributed by atoms with van der Waals surface area (Å²) in [5.74, 6) is 3.97. The molecule has 6 heteroatoms. The molecule has 0 unspecified atom stereocenters. The van der Waals surface area contributed by atoms with Crippen molar-refractivity contribution in [2.24, 2.45) is 40.4 Å². The van der Waals surface area contributed by atoms with Crippen LogP contribution in [0.2, 0.25) is 0 Å². The van der Waals surface area contributed by atoms with E-state index in [1.54, 1.807) is 10.5 Å². The Labute approximate surface area is 231 Å². The number of rotatable bonds is 5. The molecule has 1 aliphatic heterocycles. The fourth-order valence-electron chi connectivity index (χ4n) is 9.69. The topological polar surface area (TPSA) is 53.1 Å². The first kappa shape index (κ1) is 28.0. The summed E-state index contributed by atoms with van der Waals surface area (Å²) in [7, 11) is 5.86. The lowest BCUT2D eigenvalue weighted by Crippen LogP contribution is -2.51. The van der Waals surface area contributed by atoms with E-state index in [0.29, 0.717) is 17.8 Å². The van der Waals surface area contributed by atoms with Crippen molar-refractivity contribution in [2.45, 2.75) is 91.1 Å². The van der Waals surface area contributed by atoms with Crippen molar-refractivity contribution in [3.63, 3.8) is 0 Å². The lowest BCUT2D eigenvalue weighted by Gasteiger charge is -2.58. The smallest absolute Gasteiger partial charge is 0.410 e. The first-order valence-electron chi connectivity index (χ1n) is 15.6. The van der Waals surface area contributed by atoms with E-state index in [9.17, 15) is 9.59 Å². The fraction of sp³-hybridized carbons (Fsp3) is 0.875. The predicted octanol–water partition coefficient (Wildman–Crippen LogP) is 5.82. The summed E-state index contributed by atoms with van der Waals surface area (Å²) in [5.41, 5.74) is 2.26. The number of carbonyl (C=O) groups is 2. The number of likely N-dealkylation sites (N-methyl/N-ethyl adjacent to an activating group) is 1. The van der Waals surface area contributed by atoms with Crippen LogP contribution in [0.1, 0.15) is 85.0 Å². The molecule has 2 amide bonds. The Bertz CT molecular complexity index is 925. The maximum absolute atomic E-state index is 12.8. The highest BCUT2D eigenvalue weighted by Crippen LogP contribution is 2.67. The minimum atomic E-state index is -0.104. The lowest BCUT2D eigenvalue weighted by atomic mass is 9.47. The third-order valence-corrected chi connectivity index (χ3v) is 12.2. The van der Waals surface area contributed by atoms with Crippen LogP contribution in [0, 0.1) is 40.4 Å². The zero-order valence-corrected chi connectivity index (χ0v) is 25.0. The Morgan fingerprint density at radius 3 is 2.50 bits per heavy atom. The average molecular weight is 528 g/mol. The number of hydrogen-bond donors (Lipinski definition) is 0. The van der Waals surface area contributed by atoms with Crippen LogP contribution >= 0.6 is 0 Å². The maximum atomic E-state index is 12.8. The van der Waals surface area contributed by atoms with Crippen LogP contribution in [0.15, 0.2) is 11.6 Å². The van der Waals surface area contributed by atoms with E-state index >= 15 is 0 Å². The number of carbonyl (C=O) groups excluding carboxylic acids is 2. The summed E-state index contributed by atoms with van der Waals surface area (Å²) in [6.07, 6.45) is 13.9. The van der Waals surface area contributed by atoms with Gasteiger partial charge < -0.3 is 19.4 Å². The van der Waals surface area contributed by atoms with E-state index < -0.39 is 0 Å². The molecule has 0 aromatic rings. The third kappa shape index (κ3) is 5.04. The zero-order chi connectivity index (χ0) is 27.2. The van der Waals surface area contributed by atoms with Gasteiger partial charge in [0, 0.05) is 53.1 Å². The van der Waals surface area contributed by atoms with E-state index in [2.05, 4.69) is 38.8 Å². The lowest BCUT2D eigenvalue weighted by molar-refractivity contribution is -0.129. The molecule has 4 aliphatic carbocycles. The van der Waals surface area contributed by atoms with Crippen molar-refractivity contribution < 1.29 is 14.3 Å². The van der Waals surface area contributed by atoms with Gasteiger partial charge in [0.15, 0.2) is 0 Å². The first-order valence-corrected chi connectivity index (χ1v) is 15.6. The van der Waals surface area contributed by atoms with Gasteiger partial charge in [-0.2, -0.15) is 0 Å². The van der Waals surface area contributed by atoms with E-state index in [0.717, 1.165) is 75.5 Å². The van der Waals surface area contributed by atoms with Gasteiger partial charge in [0.2, 0.25) is 5.91 Å². The van der Waals surface area contributed by atoms with Gasteiger partial charge >= 0.3 is 6.09 Å². The molecule has 1 saturated heterocycles. The predicted molar refractivity (Wildman–Crippen MR) is 152 cm³/mol. The van der Waals surface area contributed by atoms with E-state index in [1.807, 2.05) is 19.0 Å². The molecule has 0 spiro atoms. The van der Waals surface area contributed by atoms with Crippen LogP contribution in [0.25, 0.3) is 0 Å². The van der Waals surface area contributed by atoms with Crippen molar-refractivity contribution in [1.29, 1.82) is 0 Å². The van der Waals surface area contributed by atoms with E-state index in [-0.39, 0.29) is 23.5 Å².